The number of phenols is 1. The van der Waals surface area contributed by atoms with Gasteiger partial charge in [-0.1, -0.05) is 36.4 Å². The normalized spacial score (nSPS) is 11.4. The zero-order valence-corrected chi connectivity index (χ0v) is 17.8. The predicted molar refractivity (Wildman–Crippen MR) is 128 cm³/mol. The van der Waals surface area contributed by atoms with Crippen LogP contribution in [0.1, 0.15) is 21.5 Å². The molecule has 0 saturated heterocycles. The molecule has 0 saturated carbocycles. The van der Waals surface area contributed by atoms with E-state index in [2.05, 4.69) is 20.4 Å². The molecule has 5 rings (SSSR count). The number of nitrogens with zero attached hydrogens (tertiary/aromatic N) is 4. The van der Waals surface area contributed by atoms with Gasteiger partial charge in [0.15, 0.2) is 5.65 Å². The van der Waals surface area contributed by atoms with Crippen LogP contribution >= 0.6 is 0 Å². The topological polar surface area (TPSA) is 118 Å². The summed E-state index contributed by atoms with van der Waals surface area (Å²) in [6, 6.07) is 19.7. The molecule has 0 fully saturated rings. The number of nitrogens with two attached hydrogens (primary N) is 1. The summed E-state index contributed by atoms with van der Waals surface area (Å²) in [4.78, 5) is 22.4. The second-order valence-electron chi connectivity index (χ2n) is 7.61. The van der Waals surface area contributed by atoms with Crippen LogP contribution in [0.15, 0.2) is 77.9 Å². The van der Waals surface area contributed by atoms with Crippen LogP contribution in [0.4, 0.5) is 10.2 Å². The molecule has 4 N–H and O–H groups in total. The summed E-state index contributed by atoms with van der Waals surface area (Å²) in [5.41, 5.74) is 9.74. The van der Waals surface area contributed by atoms with Crippen molar-refractivity contribution in [1.82, 2.24) is 20.0 Å². The number of benzene rings is 3. The first-order valence-electron chi connectivity index (χ1n) is 10.4. The Balaban J connectivity index is 1.58. The minimum Gasteiger partial charge on any atom is -0.508 e. The number of hydrogen-bond donors (Lipinski definition) is 3. The standard InChI is InChI=1S/C25H19FN6O2/c26-17-10-8-15(9-11-17)13-28-25(34)21-22-24(31-20-7-2-1-6-19(20)30-22)32(23(21)27)29-14-16-4-3-5-18(33)12-16/h1-12,14,33H,13,27H2,(H,28,34). The molecule has 0 radical (unpaired) electrons. The number of para-hydroxylation sites is 2. The summed E-state index contributed by atoms with van der Waals surface area (Å²) in [6.07, 6.45) is 1.51. The van der Waals surface area contributed by atoms with Crippen molar-refractivity contribution in [3.05, 3.63) is 95.3 Å². The Hall–Kier alpha value is -4.79. The summed E-state index contributed by atoms with van der Waals surface area (Å²) >= 11 is 0. The Bertz CT molecular complexity index is 1560. The van der Waals surface area contributed by atoms with Gasteiger partial charge in [0.05, 0.1) is 17.2 Å². The van der Waals surface area contributed by atoms with Crippen LogP contribution < -0.4 is 11.1 Å². The van der Waals surface area contributed by atoms with E-state index in [4.69, 9.17) is 5.73 Å². The van der Waals surface area contributed by atoms with Crippen molar-refractivity contribution >= 4 is 40.1 Å². The summed E-state index contributed by atoms with van der Waals surface area (Å²) in [5.74, 6) is -0.643. The number of rotatable bonds is 5. The molecular formula is C25H19FN6O2. The zero-order chi connectivity index (χ0) is 23.7. The highest BCUT2D eigenvalue weighted by atomic mass is 19.1. The van der Waals surface area contributed by atoms with E-state index < -0.39 is 5.91 Å². The maximum atomic E-state index is 13.2. The van der Waals surface area contributed by atoms with Gasteiger partial charge in [-0.2, -0.15) is 9.78 Å². The molecule has 34 heavy (non-hydrogen) atoms. The summed E-state index contributed by atoms with van der Waals surface area (Å²) < 4.78 is 14.5. The Morgan fingerprint density at radius 1 is 1.06 bits per heavy atom. The molecule has 0 unspecified atom stereocenters. The Labute approximate surface area is 193 Å². The number of anilines is 1. The molecule has 1 amide bonds. The van der Waals surface area contributed by atoms with E-state index in [0.29, 0.717) is 27.8 Å². The molecule has 2 aromatic heterocycles. The highest BCUT2D eigenvalue weighted by Gasteiger charge is 2.24. The van der Waals surface area contributed by atoms with E-state index in [-0.39, 0.29) is 29.5 Å². The van der Waals surface area contributed by atoms with Gasteiger partial charge < -0.3 is 16.2 Å². The van der Waals surface area contributed by atoms with Crippen LogP contribution in [0.5, 0.6) is 5.75 Å². The molecule has 168 valence electrons. The minimum atomic E-state index is -0.456. The molecule has 8 nitrogen and oxygen atoms in total. The number of aromatic nitrogens is 3. The molecule has 0 spiro atoms. The molecule has 0 aliphatic rings. The minimum absolute atomic E-state index is 0.0679. The number of fused-ring (bicyclic) bond motifs is 2. The Kier molecular flexibility index (Phi) is 5.35. The fourth-order valence-electron chi connectivity index (χ4n) is 3.59. The number of phenolic OH excluding ortho intramolecular Hbond substituents is 1. The molecular weight excluding hydrogens is 435 g/mol. The third-order valence-electron chi connectivity index (χ3n) is 5.26. The monoisotopic (exact) mass is 454 g/mol. The van der Waals surface area contributed by atoms with E-state index in [9.17, 15) is 14.3 Å². The second kappa shape index (κ2) is 8.62. The third-order valence-corrected chi connectivity index (χ3v) is 5.26. The fourth-order valence-corrected chi connectivity index (χ4v) is 3.59. The van der Waals surface area contributed by atoms with Gasteiger partial charge in [0, 0.05) is 6.54 Å². The number of nitrogens with one attached hydrogen (secondary N) is 1. The molecule has 2 heterocycles. The number of halogens is 1. The number of hydrogen-bond acceptors (Lipinski definition) is 6. The molecule has 3 aromatic carbocycles. The van der Waals surface area contributed by atoms with E-state index in [1.165, 1.54) is 23.0 Å². The lowest BCUT2D eigenvalue weighted by molar-refractivity contribution is 0.0953. The number of aromatic hydroxyl groups is 1. The van der Waals surface area contributed by atoms with Crippen LogP contribution in [-0.4, -0.2) is 31.9 Å². The van der Waals surface area contributed by atoms with E-state index in [0.717, 1.165) is 5.56 Å². The van der Waals surface area contributed by atoms with Gasteiger partial charge in [0.2, 0.25) is 0 Å². The predicted octanol–water partition coefficient (Wildman–Crippen LogP) is 3.82. The number of amides is 1. The van der Waals surface area contributed by atoms with Crippen molar-refractivity contribution in [3.8, 4) is 5.75 Å². The molecule has 5 aromatic rings. The second-order valence-corrected chi connectivity index (χ2v) is 7.61. The molecule has 0 atom stereocenters. The van der Waals surface area contributed by atoms with E-state index >= 15 is 0 Å². The molecule has 0 aliphatic heterocycles. The zero-order valence-electron chi connectivity index (χ0n) is 17.8. The fraction of sp³-hybridized carbons (Fsp3) is 0.0400. The Morgan fingerprint density at radius 2 is 1.79 bits per heavy atom. The average Bonchev–Trinajstić information content (AvgIpc) is 3.10. The maximum absolute atomic E-state index is 13.2. The molecule has 0 aliphatic carbocycles. The molecule has 9 heteroatoms. The largest absolute Gasteiger partial charge is 0.508 e. The van der Waals surface area contributed by atoms with Crippen LogP contribution in [-0.2, 0) is 6.54 Å². The first-order valence-corrected chi connectivity index (χ1v) is 10.4. The van der Waals surface area contributed by atoms with Gasteiger partial charge in [-0.15, -0.1) is 0 Å². The van der Waals surface area contributed by atoms with Crippen molar-refractivity contribution in [3.63, 3.8) is 0 Å². The first-order chi connectivity index (χ1) is 16.5. The summed E-state index contributed by atoms with van der Waals surface area (Å²) in [6.45, 7) is 0.179. The van der Waals surface area contributed by atoms with Gasteiger partial charge in [-0.25, -0.2) is 14.4 Å². The highest BCUT2D eigenvalue weighted by molar-refractivity contribution is 6.10. The van der Waals surface area contributed by atoms with Gasteiger partial charge in [0.1, 0.15) is 28.5 Å². The van der Waals surface area contributed by atoms with Gasteiger partial charge in [-0.3, -0.25) is 4.79 Å². The van der Waals surface area contributed by atoms with Crippen LogP contribution in [0, 0.1) is 5.82 Å². The van der Waals surface area contributed by atoms with Gasteiger partial charge in [-0.05, 0) is 47.5 Å². The smallest absolute Gasteiger partial charge is 0.257 e. The van der Waals surface area contributed by atoms with Gasteiger partial charge in [0.25, 0.3) is 5.91 Å². The van der Waals surface area contributed by atoms with E-state index in [1.54, 1.807) is 42.5 Å². The van der Waals surface area contributed by atoms with Crippen LogP contribution in [0.2, 0.25) is 0 Å². The van der Waals surface area contributed by atoms with Crippen molar-refractivity contribution in [2.24, 2.45) is 5.10 Å². The lowest BCUT2D eigenvalue weighted by atomic mass is 10.2. The maximum Gasteiger partial charge on any atom is 0.257 e. The third kappa shape index (κ3) is 4.02. The Morgan fingerprint density at radius 3 is 2.53 bits per heavy atom. The summed E-state index contributed by atoms with van der Waals surface area (Å²) in [7, 11) is 0. The summed E-state index contributed by atoms with van der Waals surface area (Å²) in [5, 5.41) is 16.9. The SMILES string of the molecule is Nc1c(C(=O)NCc2ccc(F)cc2)c2nc3ccccc3nc2n1N=Cc1cccc(O)c1. The number of nitrogen functional groups attached to an aromatic ring is 1. The van der Waals surface area contributed by atoms with Crippen molar-refractivity contribution < 1.29 is 14.3 Å². The quantitative estimate of drug-likeness (QED) is 0.349. The van der Waals surface area contributed by atoms with Gasteiger partial charge >= 0.3 is 0 Å². The number of carbonyl (C=O) groups is 1. The van der Waals surface area contributed by atoms with Crippen molar-refractivity contribution in [2.45, 2.75) is 6.54 Å². The van der Waals surface area contributed by atoms with Crippen LogP contribution in [0.25, 0.3) is 22.2 Å². The first kappa shape index (κ1) is 21.1. The van der Waals surface area contributed by atoms with Crippen molar-refractivity contribution in [1.29, 1.82) is 0 Å². The van der Waals surface area contributed by atoms with E-state index in [1.807, 2.05) is 18.2 Å². The lowest BCUT2D eigenvalue weighted by Crippen LogP contribution is -2.23. The number of carbonyl (C=O) groups excluding carboxylic acids is 1. The van der Waals surface area contributed by atoms with Crippen LogP contribution in [0.3, 0.4) is 0 Å². The highest BCUT2D eigenvalue weighted by Crippen LogP contribution is 2.28. The molecule has 0 bridgehead atoms. The lowest BCUT2D eigenvalue weighted by Gasteiger charge is -2.06. The van der Waals surface area contributed by atoms with Crippen molar-refractivity contribution in [2.75, 3.05) is 5.73 Å². The average molecular weight is 454 g/mol.